The molecule has 2 aromatic rings. The van der Waals surface area contributed by atoms with E-state index in [1.165, 1.54) is 10.9 Å². The number of piperazine rings is 1. The summed E-state index contributed by atoms with van der Waals surface area (Å²) >= 11 is 1.70. The molecule has 1 saturated heterocycles. The van der Waals surface area contributed by atoms with Crippen LogP contribution in [0.4, 0.5) is 4.39 Å². The van der Waals surface area contributed by atoms with E-state index in [1.54, 1.807) is 23.5 Å². The molecule has 3 nitrogen and oxygen atoms in total. The zero-order chi connectivity index (χ0) is 14.7. The van der Waals surface area contributed by atoms with Crippen LogP contribution in [0.15, 0.2) is 35.7 Å². The summed E-state index contributed by atoms with van der Waals surface area (Å²) in [6.07, 6.45) is 0. The molecule has 3 rings (SSSR count). The number of thiophene rings is 1. The van der Waals surface area contributed by atoms with Crippen LogP contribution in [0.25, 0.3) is 0 Å². The van der Waals surface area contributed by atoms with Gasteiger partial charge in [-0.25, -0.2) is 4.39 Å². The van der Waals surface area contributed by atoms with Crippen molar-refractivity contribution in [1.29, 1.82) is 5.26 Å². The minimum absolute atomic E-state index is 0.0970. The van der Waals surface area contributed by atoms with Crippen LogP contribution in [0.3, 0.4) is 0 Å². The van der Waals surface area contributed by atoms with Crippen LogP contribution in [0, 0.1) is 17.1 Å². The number of hydrogen-bond acceptors (Lipinski definition) is 4. The predicted molar refractivity (Wildman–Crippen MR) is 81.7 cm³/mol. The average molecular weight is 301 g/mol. The first kappa shape index (κ1) is 14.2. The summed E-state index contributed by atoms with van der Waals surface area (Å²) in [6, 6.07) is 11.0. The number of rotatable bonds is 3. The molecule has 2 heterocycles. The zero-order valence-corrected chi connectivity index (χ0v) is 12.4. The Morgan fingerprint density at radius 3 is 2.76 bits per heavy atom. The molecular formula is C16H16FN3S. The van der Waals surface area contributed by atoms with Crippen molar-refractivity contribution in [3.63, 3.8) is 0 Å². The number of nitriles is 1. The maximum atomic E-state index is 13.6. The maximum Gasteiger partial charge on any atom is 0.140 e. The van der Waals surface area contributed by atoms with E-state index < -0.39 is 5.82 Å². The Kier molecular flexibility index (Phi) is 4.30. The fourth-order valence-electron chi connectivity index (χ4n) is 2.74. The van der Waals surface area contributed by atoms with Gasteiger partial charge in [0.15, 0.2) is 0 Å². The molecule has 108 valence electrons. The van der Waals surface area contributed by atoms with Crippen LogP contribution in [-0.4, -0.2) is 31.1 Å². The van der Waals surface area contributed by atoms with E-state index in [1.807, 2.05) is 12.1 Å². The van der Waals surface area contributed by atoms with Crippen LogP contribution in [-0.2, 0) is 0 Å². The molecule has 1 aliphatic rings. The summed E-state index contributed by atoms with van der Waals surface area (Å²) in [5, 5.41) is 14.5. The van der Waals surface area contributed by atoms with E-state index in [4.69, 9.17) is 5.26 Å². The van der Waals surface area contributed by atoms with Crippen molar-refractivity contribution in [3.05, 3.63) is 57.5 Å². The number of hydrogen-bond donors (Lipinski definition) is 1. The van der Waals surface area contributed by atoms with Gasteiger partial charge < -0.3 is 5.32 Å². The smallest absolute Gasteiger partial charge is 0.140 e. The van der Waals surface area contributed by atoms with Crippen LogP contribution in [0.2, 0.25) is 0 Å². The molecule has 0 radical (unpaired) electrons. The summed E-state index contributed by atoms with van der Waals surface area (Å²) < 4.78 is 13.6. The summed E-state index contributed by atoms with van der Waals surface area (Å²) in [4.78, 5) is 3.61. The highest BCUT2D eigenvalue weighted by atomic mass is 32.1. The van der Waals surface area contributed by atoms with Gasteiger partial charge in [-0.3, -0.25) is 4.90 Å². The molecule has 0 bridgehead atoms. The SMILES string of the molecule is N#Cc1cc([C@@H](c2cccs2)N2CCNCC2)ccc1F. The van der Waals surface area contributed by atoms with E-state index in [-0.39, 0.29) is 11.6 Å². The van der Waals surface area contributed by atoms with Crippen molar-refractivity contribution < 1.29 is 4.39 Å². The first-order valence-electron chi connectivity index (χ1n) is 6.97. The van der Waals surface area contributed by atoms with Crippen molar-refractivity contribution in [3.8, 4) is 6.07 Å². The fourth-order valence-corrected chi connectivity index (χ4v) is 3.63. The molecule has 0 spiro atoms. The van der Waals surface area contributed by atoms with Gasteiger partial charge in [0.05, 0.1) is 11.6 Å². The van der Waals surface area contributed by atoms with Gasteiger partial charge in [0.1, 0.15) is 11.9 Å². The molecule has 0 unspecified atom stereocenters. The first-order chi connectivity index (χ1) is 10.3. The Hall–Kier alpha value is -1.74. The third-order valence-electron chi connectivity index (χ3n) is 3.76. The molecule has 1 N–H and O–H groups in total. The number of nitrogens with zero attached hydrogens (tertiary/aromatic N) is 2. The zero-order valence-electron chi connectivity index (χ0n) is 11.6. The lowest BCUT2D eigenvalue weighted by molar-refractivity contribution is 0.200. The lowest BCUT2D eigenvalue weighted by Gasteiger charge is -2.34. The Morgan fingerprint density at radius 2 is 2.10 bits per heavy atom. The van der Waals surface area contributed by atoms with Gasteiger partial charge >= 0.3 is 0 Å². The molecule has 0 amide bonds. The third kappa shape index (κ3) is 2.98. The highest BCUT2D eigenvalue weighted by Gasteiger charge is 2.25. The van der Waals surface area contributed by atoms with Crippen molar-refractivity contribution in [2.75, 3.05) is 26.2 Å². The van der Waals surface area contributed by atoms with Crippen LogP contribution >= 0.6 is 11.3 Å². The first-order valence-corrected chi connectivity index (χ1v) is 7.85. The Morgan fingerprint density at radius 1 is 1.29 bits per heavy atom. The fraction of sp³-hybridized carbons (Fsp3) is 0.312. The van der Waals surface area contributed by atoms with E-state index in [0.29, 0.717) is 0 Å². The average Bonchev–Trinajstić information content (AvgIpc) is 3.04. The monoisotopic (exact) mass is 301 g/mol. The molecule has 1 aromatic carbocycles. The third-order valence-corrected chi connectivity index (χ3v) is 4.68. The molecule has 21 heavy (non-hydrogen) atoms. The van der Waals surface area contributed by atoms with Gasteiger partial charge in [-0.1, -0.05) is 12.1 Å². The minimum Gasteiger partial charge on any atom is -0.314 e. The van der Waals surface area contributed by atoms with E-state index in [0.717, 1.165) is 31.7 Å². The van der Waals surface area contributed by atoms with E-state index in [2.05, 4.69) is 21.7 Å². The molecule has 0 aliphatic carbocycles. The van der Waals surface area contributed by atoms with Gasteiger partial charge in [-0.05, 0) is 29.1 Å². The van der Waals surface area contributed by atoms with Gasteiger partial charge in [0.2, 0.25) is 0 Å². The van der Waals surface area contributed by atoms with Crippen molar-refractivity contribution in [2.24, 2.45) is 0 Å². The lowest BCUT2D eigenvalue weighted by atomic mass is 10.0. The second-order valence-corrected chi connectivity index (χ2v) is 6.03. The van der Waals surface area contributed by atoms with Crippen molar-refractivity contribution >= 4 is 11.3 Å². The number of halogens is 1. The Labute approximate surface area is 127 Å². The normalized spacial score (nSPS) is 17.3. The van der Waals surface area contributed by atoms with Crippen LogP contribution in [0.5, 0.6) is 0 Å². The predicted octanol–water partition coefficient (Wildman–Crippen LogP) is 2.75. The standard InChI is InChI=1S/C16H16FN3S/c17-14-4-3-12(10-13(14)11-18)16(15-2-1-9-21-15)20-7-5-19-6-8-20/h1-4,9-10,16,19H,5-8H2/t16-/m0/s1. The molecule has 1 aromatic heterocycles. The van der Waals surface area contributed by atoms with Crippen molar-refractivity contribution in [1.82, 2.24) is 10.2 Å². The van der Waals surface area contributed by atoms with Crippen molar-refractivity contribution in [2.45, 2.75) is 6.04 Å². The Bertz CT molecular complexity index is 642. The summed E-state index contributed by atoms with van der Waals surface area (Å²) in [7, 11) is 0. The van der Waals surface area contributed by atoms with Gasteiger partial charge in [-0.2, -0.15) is 5.26 Å². The largest absolute Gasteiger partial charge is 0.314 e. The molecule has 1 aliphatic heterocycles. The Balaban J connectivity index is 2.01. The highest BCUT2D eigenvalue weighted by molar-refractivity contribution is 7.10. The number of nitrogens with one attached hydrogen (secondary N) is 1. The molecule has 0 saturated carbocycles. The summed E-state index contributed by atoms with van der Waals surface area (Å²) in [6.45, 7) is 3.80. The lowest BCUT2D eigenvalue weighted by Crippen LogP contribution is -2.45. The molecule has 5 heteroatoms. The summed E-state index contributed by atoms with van der Waals surface area (Å²) in [5.41, 5.74) is 1.10. The topological polar surface area (TPSA) is 39.1 Å². The molecular weight excluding hydrogens is 285 g/mol. The van der Waals surface area contributed by atoms with Gasteiger partial charge in [0.25, 0.3) is 0 Å². The van der Waals surface area contributed by atoms with Gasteiger partial charge in [0, 0.05) is 31.1 Å². The maximum absolute atomic E-state index is 13.6. The van der Waals surface area contributed by atoms with E-state index >= 15 is 0 Å². The second kappa shape index (κ2) is 6.35. The van der Waals surface area contributed by atoms with Crippen LogP contribution < -0.4 is 5.32 Å². The minimum atomic E-state index is -0.452. The number of benzene rings is 1. The van der Waals surface area contributed by atoms with E-state index in [9.17, 15) is 4.39 Å². The van der Waals surface area contributed by atoms with Crippen LogP contribution in [0.1, 0.15) is 22.0 Å². The van der Waals surface area contributed by atoms with Gasteiger partial charge in [-0.15, -0.1) is 11.3 Å². The summed E-state index contributed by atoms with van der Waals surface area (Å²) in [5.74, 6) is -0.452. The second-order valence-electron chi connectivity index (χ2n) is 5.06. The molecule has 1 fully saturated rings. The molecule has 1 atom stereocenters. The highest BCUT2D eigenvalue weighted by Crippen LogP contribution is 2.32. The quantitative estimate of drug-likeness (QED) is 0.947.